The first kappa shape index (κ1) is 15.4. The van der Waals surface area contributed by atoms with Gasteiger partial charge >= 0.3 is 0 Å². The van der Waals surface area contributed by atoms with Gasteiger partial charge in [0, 0.05) is 11.5 Å². The number of halogens is 1. The summed E-state index contributed by atoms with van der Waals surface area (Å²) in [6, 6.07) is 7.60. The molecule has 1 saturated carbocycles. The molecule has 126 valence electrons. The molecule has 1 aromatic heterocycles. The SMILES string of the molecule is CC(Cl)C(=O)N1CC(Oc2ccc(-c3noc(C4CC4)n3)cc2)C1. The molecule has 1 aliphatic heterocycles. The first-order chi connectivity index (χ1) is 11.6. The van der Waals surface area contributed by atoms with Gasteiger partial charge in [-0.2, -0.15) is 4.98 Å². The van der Waals surface area contributed by atoms with E-state index in [1.807, 2.05) is 24.3 Å². The molecule has 0 radical (unpaired) electrons. The van der Waals surface area contributed by atoms with Crippen molar-refractivity contribution in [2.24, 2.45) is 0 Å². The fourth-order valence-electron chi connectivity index (χ4n) is 2.67. The highest BCUT2D eigenvalue weighted by molar-refractivity contribution is 6.30. The third kappa shape index (κ3) is 3.11. The van der Waals surface area contributed by atoms with Gasteiger partial charge in [-0.15, -0.1) is 11.6 Å². The molecule has 7 heteroatoms. The van der Waals surface area contributed by atoms with E-state index in [0.29, 0.717) is 24.8 Å². The number of carbonyl (C=O) groups is 1. The van der Waals surface area contributed by atoms with Crippen molar-refractivity contribution in [2.75, 3.05) is 13.1 Å². The number of hydrogen-bond acceptors (Lipinski definition) is 5. The third-order valence-corrected chi connectivity index (χ3v) is 4.47. The summed E-state index contributed by atoms with van der Waals surface area (Å²) in [5.41, 5.74) is 0.902. The van der Waals surface area contributed by atoms with Crippen LogP contribution in [0.4, 0.5) is 0 Å². The van der Waals surface area contributed by atoms with Crippen molar-refractivity contribution in [1.29, 1.82) is 0 Å². The summed E-state index contributed by atoms with van der Waals surface area (Å²) < 4.78 is 11.1. The first-order valence-corrected chi connectivity index (χ1v) is 8.57. The minimum Gasteiger partial charge on any atom is -0.487 e. The fraction of sp³-hybridized carbons (Fsp3) is 0.471. The molecule has 1 atom stereocenters. The highest BCUT2D eigenvalue weighted by Gasteiger charge is 2.34. The standard InChI is InChI=1S/C17H18ClN3O3/c1-10(18)17(22)21-8-14(9-21)23-13-6-4-11(5-7-13)15-19-16(24-20-15)12-2-3-12/h4-7,10,12,14H,2-3,8-9H2,1H3. The van der Waals surface area contributed by atoms with Crippen LogP contribution in [-0.4, -0.2) is 45.5 Å². The molecule has 2 aromatic rings. The molecule has 1 amide bonds. The van der Waals surface area contributed by atoms with Crippen molar-refractivity contribution in [3.63, 3.8) is 0 Å². The molecular formula is C17H18ClN3O3. The normalized spacial score (nSPS) is 19.0. The maximum absolute atomic E-state index is 11.7. The Balaban J connectivity index is 1.34. The first-order valence-electron chi connectivity index (χ1n) is 8.13. The van der Waals surface area contributed by atoms with Crippen molar-refractivity contribution in [1.82, 2.24) is 15.0 Å². The molecule has 0 N–H and O–H groups in total. The van der Waals surface area contributed by atoms with Gasteiger partial charge in [0.25, 0.3) is 0 Å². The lowest BCUT2D eigenvalue weighted by Gasteiger charge is -2.39. The van der Waals surface area contributed by atoms with Gasteiger partial charge in [-0.25, -0.2) is 0 Å². The number of hydrogen-bond donors (Lipinski definition) is 0. The molecule has 2 heterocycles. The second-order valence-electron chi connectivity index (χ2n) is 6.35. The number of benzene rings is 1. The summed E-state index contributed by atoms with van der Waals surface area (Å²) in [6.07, 6.45) is 2.29. The van der Waals surface area contributed by atoms with Gasteiger partial charge in [-0.3, -0.25) is 4.79 Å². The highest BCUT2D eigenvalue weighted by Crippen LogP contribution is 2.39. The highest BCUT2D eigenvalue weighted by atomic mass is 35.5. The minimum absolute atomic E-state index is 0.0156. The van der Waals surface area contributed by atoms with Gasteiger partial charge in [-0.1, -0.05) is 5.16 Å². The van der Waals surface area contributed by atoms with Crippen molar-refractivity contribution in [3.8, 4) is 17.1 Å². The van der Waals surface area contributed by atoms with Crippen LogP contribution in [0.5, 0.6) is 5.75 Å². The molecule has 2 aliphatic rings. The number of aromatic nitrogens is 2. The molecule has 1 aromatic carbocycles. The van der Waals surface area contributed by atoms with E-state index in [4.69, 9.17) is 20.9 Å². The van der Waals surface area contributed by atoms with Crippen molar-refractivity contribution in [2.45, 2.75) is 37.2 Å². The van der Waals surface area contributed by atoms with Crippen LogP contribution < -0.4 is 4.74 Å². The van der Waals surface area contributed by atoms with Gasteiger partial charge in [0.15, 0.2) is 0 Å². The zero-order valence-corrected chi connectivity index (χ0v) is 14.1. The average Bonchev–Trinajstić information content (AvgIpc) is 3.28. The second-order valence-corrected chi connectivity index (χ2v) is 7.01. The van der Waals surface area contributed by atoms with Gasteiger partial charge < -0.3 is 14.2 Å². The maximum atomic E-state index is 11.7. The van der Waals surface area contributed by atoms with E-state index in [1.165, 1.54) is 0 Å². The van der Waals surface area contributed by atoms with E-state index < -0.39 is 5.38 Å². The Bertz CT molecular complexity index is 734. The smallest absolute Gasteiger partial charge is 0.240 e. The summed E-state index contributed by atoms with van der Waals surface area (Å²) >= 11 is 5.79. The largest absolute Gasteiger partial charge is 0.487 e. The predicted octanol–water partition coefficient (Wildman–Crippen LogP) is 2.83. The molecule has 0 bridgehead atoms. The lowest BCUT2D eigenvalue weighted by molar-refractivity contribution is -0.139. The van der Waals surface area contributed by atoms with E-state index in [-0.39, 0.29) is 12.0 Å². The Kier molecular flexibility index (Phi) is 3.92. The summed E-state index contributed by atoms with van der Waals surface area (Å²) in [5, 5.41) is 3.54. The van der Waals surface area contributed by atoms with E-state index >= 15 is 0 Å². The molecule has 6 nitrogen and oxygen atoms in total. The summed E-state index contributed by atoms with van der Waals surface area (Å²) in [4.78, 5) is 17.8. The van der Waals surface area contributed by atoms with Crippen molar-refractivity contribution in [3.05, 3.63) is 30.2 Å². The van der Waals surface area contributed by atoms with E-state index in [2.05, 4.69) is 10.1 Å². The van der Waals surface area contributed by atoms with E-state index in [1.54, 1.807) is 11.8 Å². The molecule has 24 heavy (non-hydrogen) atoms. The number of nitrogens with zero attached hydrogens (tertiary/aromatic N) is 3. The van der Waals surface area contributed by atoms with Crippen LogP contribution in [0, 0.1) is 0 Å². The number of amides is 1. The summed E-state index contributed by atoms with van der Waals surface area (Å²) in [6.45, 7) is 2.84. The number of carbonyl (C=O) groups excluding carboxylic acids is 1. The maximum Gasteiger partial charge on any atom is 0.240 e. The third-order valence-electron chi connectivity index (χ3n) is 4.28. The van der Waals surface area contributed by atoms with Gasteiger partial charge in [-0.05, 0) is 44.0 Å². The predicted molar refractivity (Wildman–Crippen MR) is 88.0 cm³/mol. The zero-order chi connectivity index (χ0) is 16.7. The fourth-order valence-corrected chi connectivity index (χ4v) is 2.81. The Labute approximate surface area is 144 Å². The zero-order valence-electron chi connectivity index (χ0n) is 13.3. The molecule has 1 unspecified atom stereocenters. The molecule has 1 saturated heterocycles. The van der Waals surface area contributed by atoms with Crippen LogP contribution in [0.2, 0.25) is 0 Å². The van der Waals surface area contributed by atoms with Crippen LogP contribution in [0.1, 0.15) is 31.6 Å². The monoisotopic (exact) mass is 347 g/mol. The van der Waals surface area contributed by atoms with Crippen molar-refractivity contribution < 1.29 is 14.1 Å². The lowest BCUT2D eigenvalue weighted by atomic mass is 10.1. The summed E-state index contributed by atoms with van der Waals surface area (Å²) in [7, 11) is 0. The second kappa shape index (κ2) is 6.09. The van der Waals surface area contributed by atoms with Crippen LogP contribution in [0.15, 0.2) is 28.8 Å². The molecule has 0 spiro atoms. The van der Waals surface area contributed by atoms with Gasteiger partial charge in [0.2, 0.25) is 17.6 Å². The number of alkyl halides is 1. The average molecular weight is 348 g/mol. The topological polar surface area (TPSA) is 68.5 Å². The Hall–Kier alpha value is -2.08. The lowest BCUT2D eigenvalue weighted by Crippen LogP contribution is -2.57. The minimum atomic E-state index is -0.485. The van der Waals surface area contributed by atoms with Gasteiger partial charge in [0.1, 0.15) is 17.2 Å². The van der Waals surface area contributed by atoms with Crippen LogP contribution in [0.25, 0.3) is 11.4 Å². The Morgan fingerprint density at radius 1 is 1.33 bits per heavy atom. The molecule has 1 aliphatic carbocycles. The quantitative estimate of drug-likeness (QED) is 0.778. The van der Waals surface area contributed by atoms with Crippen LogP contribution in [-0.2, 0) is 4.79 Å². The van der Waals surface area contributed by atoms with Crippen molar-refractivity contribution >= 4 is 17.5 Å². The van der Waals surface area contributed by atoms with Gasteiger partial charge in [0.05, 0.1) is 13.1 Å². The molecular weight excluding hydrogens is 330 g/mol. The van der Waals surface area contributed by atoms with Crippen LogP contribution in [0.3, 0.4) is 0 Å². The summed E-state index contributed by atoms with van der Waals surface area (Å²) in [5.74, 6) is 2.52. The van der Waals surface area contributed by atoms with E-state index in [9.17, 15) is 4.79 Å². The van der Waals surface area contributed by atoms with E-state index in [0.717, 1.165) is 30.0 Å². The molecule has 4 rings (SSSR count). The molecule has 2 fully saturated rings. The Morgan fingerprint density at radius 2 is 2.04 bits per heavy atom. The number of ether oxygens (including phenoxy) is 1. The Morgan fingerprint density at radius 3 is 2.67 bits per heavy atom. The number of likely N-dealkylation sites (tertiary alicyclic amines) is 1. The van der Waals surface area contributed by atoms with Crippen LogP contribution >= 0.6 is 11.6 Å². The number of rotatable bonds is 5.